The van der Waals surface area contributed by atoms with E-state index >= 15 is 0 Å². The molecule has 3 aromatic rings. The molecule has 2 heterocycles. The van der Waals surface area contributed by atoms with Crippen LogP contribution in [0.5, 0.6) is 0 Å². The third kappa shape index (κ3) is 4.17. The molecule has 1 amide bonds. The molecule has 1 aromatic carbocycles. The van der Waals surface area contributed by atoms with Gasteiger partial charge in [0.05, 0.1) is 0 Å². The number of imidazole rings is 1. The summed E-state index contributed by atoms with van der Waals surface area (Å²) in [6.07, 6.45) is 4.85. The van der Waals surface area contributed by atoms with Gasteiger partial charge in [-0.25, -0.2) is 4.98 Å². The molecule has 2 aromatic heterocycles. The third-order valence-electron chi connectivity index (χ3n) is 4.20. The topological polar surface area (TPSA) is 85.8 Å². The average molecular weight is 353 g/mol. The minimum absolute atomic E-state index is 0.0664. The predicted molar refractivity (Wildman–Crippen MR) is 97.3 cm³/mol. The Morgan fingerprint density at radius 2 is 2.08 bits per heavy atom. The van der Waals surface area contributed by atoms with E-state index in [1.54, 1.807) is 6.20 Å². The first-order valence-electron chi connectivity index (χ1n) is 8.77. The lowest BCUT2D eigenvalue weighted by molar-refractivity contribution is -0.122. The van der Waals surface area contributed by atoms with Crippen LogP contribution < -0.4 is 5.32 Å². The highest BCUT2D eigenvalue weighted by Crippen LogP contribution is 2.19. The Morgan fingerprint density at radius 1 is 1.31 bits per heavy atom. The number of aromatic nitrogens is 4. The van der Waals surface area contributed by atoms with Crippen molar-refractivity contribution >= 4 is 5.91 Å². The number of nitrogens with zero attached hydrogens (tertiary/aromatic N) is 4. The number of rotatable bonds is 7. The second kappa shape index (κ2) is 7.95. The SMILES string of the molecule is CCc1nccn1CCC(=O)N[C@H](C)c1nc(-c2ccc(C)cc2)no1. The Morgan fingerprint density at radius 3 is 2.81 bits per heavy atom. The Hall–Kier alpha value is -2.96. The molecule has 0 saturated carbocycles. The van der Waals surface area contributed by atoms with Crippen LogP contribution in [0.3, 0.4) is 0 Å². The first-order valence-corrected chi connectivity index (χ1v) is 8.77. The van der Waals surface area contributed by atoms with Crippen LogP contribution in [-0.4, -0.2) is 25.6 Å². The number of hydrogen-bond donors (Lipinski definition) is 1. The molecule has 0 unspecified atom stereocenters. The van der Waals surface area contributed by atoms with Crippen molar-refractivity contribution in [1.82, 2.24) is 25.0 Å². The van der Waals surface area contributed by atoms with Gasteiger partial charge in [0.1, 0.15) is 11.9 Å². The van der Waals surface area contributed by atoms with Gasteiger partial charge in [-0.1, -0.05) is 41.9 Å². The fourth-order valence-corrected chi connectivity index (χ4v) is 2.69. The Bertz CT molecular complexity index is 866. The Labute approximate surface area is 152 Å². The number of carbonyl (C=O) groups is 1. The van der Waals surface area contributed by atoms with Crippen molar-refractivity contribution < 1.29 is 9.32 Å². The highest BCUT2D eigenvalue weighted by molar-refractivity contribution is 5.76. The van der Waals surface area contributed by atoms with Crippen molar-refractivity contribution in [2.75, 3.05) is 0 Å². The zero-order valence-electron chi connectivity index (χ0n) is 15.3. The van der Waals surface area contributed by atoms with Crippen LogP contribution in [-0.2, 0) is 17.8 Å². The highest BCUT2D eigenvalue weighted by Gasteiger charge is 2.17. The largest absolute Gasteiger partial charge is 0.345 e. The summed E-state index contributed by atoms with van der Waals surface area (Å²) >= 11 is 0. The van der Waals surface area contributed by atoms with Crippen LogP contribution in [0.15, 0.2) is 41.2 Å². The van der Waals surface area contributed by atoms with E-state index in [4.69, 9.17) is 4.52 Å². The molecule has 26 heavy (non-hydrogen) atoms. The lowest BCUT2D eigenvalue weighted by atomic mass is 10.1. The van der Waals surface area contributed by atoms with Gasteiger partial charge in [-0.05, 0) is 13.8 Å². The van der Waals surface area contributed by atoms with Crippen LogP contribution in [0.25, 0.3) is 11.4 Å². The van der Waals surface area contributed by atoms with Crippen molar-refractivity contribution in [2.45, 2.75) is 46.2 Å². The molecule has 0 saturated heterocycles. The molecular weight excluding hydrogens is 330 g/mol. The lowest BCUT2D eigenvalue weighted by Crippen LogP contribution is -2.27. The molecule has 7 nitrogen and oxygen atoms in total. The molecule has 0 aliphatic carbocycles. The highest BCUT2D eigenvalue weighted by atomic mass is 16.5. The molecule has 1 atom stereocenters. The van der Waals surface area contributed by atoms with E-state index < -0.39 is 0 Å². The molecule has 0 aliphatic heterocycles. The van der Waals surface area contributed by atoms with E-state index in [1.807, 2.05) is 55.8 Å². The van der Waals surface area contributed by atoms with Gasteiger partial charge in [0.25, 0.3) is 0 Å². The molecule has 0 spiro atoms. The fraction of sp³-hybridized carbons (Fsp3) is 0.368. The van der Waals surface area contributed by atoms with Gasteiger partial charge in [-0.15, -0.1) is 0 Å². The summed E-state index contributed by atoms with van der Waals surface area (Å²) in [7, 11) is 0. The quantitative estimate of drug-likeness (QED) is 0.705. The van der Waals surface area contributed by atoms with E-state index in [0.717, 1.165) is 17.8 Å². The standard InChI is InChI=1S/C19H23N5O2/c1-4-16-20-10-12-24(16)11-9-17(25)21-14(3)19-22-18(23-26-19)15-7-5-13(2)6-8-15/h5-8,10,12,14H,4,9,11H2,1-3H3,(H,21,25)/t14-/m1/s1. The predicted octanol–water partition coefficient (Wildman–Crippen LogP) is 3.07. The summed E-state index contributed by atoms with van der Waals surface area (Å²) in [6, 6.07) is 7.55. The lowest BCUT2D eigenvalue weighted by Gasteiger charge is -2.10. The first kappa shape index (κ1) is 17.8. The number of hydrogen-bond acceptors (Lipinski definition) is 5. The van der Waals surface area contributed by atoms with Gasteiger partial charge in [-0.2, -0.15) is 4.98 Å². The van der Waals surface area contributed by atoms with Gasteiger partial charge in [0, 0.05) is 37.3 Å². The van der Waals surface area contributed by atoms with Crippen molar-refractivity contribution in [3.8, 4) is 11.4 Å². The van der Waals surface area contributed by atoms with Crippen LogP contribution in [0, 0.1) is 6.92 Å². The summed E-state index contributed by atoms with van der Waals surface area (Å²) < 4.78 is 7.30. The van der Waals surface area contributed by atoms with Crippen molar-refractivity contribution in [3.05, 3.63) is 53.9 Å². The molecule has 7 heteroatoms. The molecule has 0 aliphatic rings. The summed E-state index contributed by atoms with van der Waals surface area (Å²) in [5, 5.41) is 6.91. The molecule has 0 fully saturated rings. The van der Waals surface area contributed by atoms with E-state index in [2.05, 4.69) is 20.4 Å². The van der Waals surface area contributed by atoms with Crippen LogP contribution in [0.2, 0.25) is 0 Å². The maximum absolute atomic E-state index is 12.2. The third-order valence-corrected chi connectivity index (χ3v) is 4.20. The minimum atomic E-state index is -0.345. The van der Waals surface area contributed by atoms with Gasteiger partial charge in [0.15, 0.2) is 0 Å². The van der Waals surface area contributed by atoms with Crippen molar-refractivity contribution in [1.29, 1.82) is 0 Å². The van der Waals surface area contributed by atoms with Gasteiger partial charge in [0.2, 0.25) is 17.6 Å². The minimum Gasteiger partial charge on any atom is -0.345 e. The zero-order valence-corrected chi connectivity index (χ0v) is 15.3. The van der Waals surface area contributed by atoms with E-state index in [-0.39, 0.29) is 11.9 Å². The molecule has 0 bridgehead atoms. The first-order chi connectivity index (χ1) is 12.6. The Balaban J connectivity index is 1.57. The summed E-state index contributed by atoms with van der Waals surface area (Å²) in [6.45, 7) is 6.50. The second-order valence-electron chi connectivity index (χ2n) is 6.25. The number of nitrogens with one attached hydrogen (secondary N) is 1. The van der Waals surface area contributed by atoms with Crippen LogP contribution >= 0.6 is 0 Å². The van der Waals surface area contributed by atoms with E-state index in [9.17, 15) is 4.79 Å². The van der Waals surface area contributed by atoms with Gasteiger partial charge < -0.3 is 14.4 Å². The summed E-state index contributed by atoms with van der Waals surface area (Å²) in [5.41, 5.74) is 2.05. The normalized spacial score (nSPS) is 12.1. The van der Waals surface area contributed by atoms with Crippen molar-refractivity contribution in [2.24, 2.45) is 0 Å². The number of amides is 1. The maximum atomic E-state index is 12.2. The zero-order chi connectivity index (χ0) is 18.5. The smallest absolute Gasteiger partial charge is 0.249 e. The molecule has 3 rings (SSSR count). The van der Waals surface area contributed by atoms with E-state index in [1.165, 1.54) is 5.56 Å². The van der Waals surface area contributed by atoms with E-state index in [0.29, 0.717) is 24.7 Å². The average Bonchev–Trinajstić information content (AvgIpc) is 3.29. The van der Waals surface area contributed by atoms with Gasteiger partial charge >= 0.3 is 0 Å². The molecular formula is C19H23N5O2. The summed E-state index contributed by atoms with van der Waals surface area (Å²) in [4.78, 5) is 20.9. The molecule has 136 valence electrons. The van der Waals surface area contributed by atoms with Crippen molar-refractivity contribution in [3.63, 3.8) is 0 Å². The number of benzene rings is 1. The number of carbonyl (C=O) groups excluding carboxylic acids is 1. The number of aryl methyl sites for hydroxylation is 3. The monoisotopic (exact) mass is 353 g/mol. The van der Waals surface area contributed by atoms with Crippen LogP contribution in [0.1, 0.15) is 43.6 Å². The van der Waals surface area contributed by atoms with Gasteiger partial charge in [-0.3, -0.25) is 4.79 Å². The maximum Gasteiger partial charge on any atom is 0.249 e. The molecule has 0 radical (unpaired) electrons. The summed E-state index contributed by atoms with van der Waals surface area (Å²) in [5.74, 6) is 1.83. The molecule has 1 N–H and O–H groups in total. The second-order valence-corrected chi connectivity index (χ2v) is 6.25. The Kier molecular flexibility index (Phi) is 5.46. The van der Waals surface area contributed by atoms with Crippen LogP contribution in [0.4, 0.5) is 0 Å². The fourth-order valence-electron chi connectivity index (χ4n) is 2.69.